The normalized spacial score (nSPS) is 24.1. The van der Waals surface area contributed by atoms with Crippen molar-refractivity contribution in [3.63, 3.8) is 0 Å². The van der Waals surface area contributed by atoms with Crippen LogP contribution in [0.2, 0.25) is 0 Å². The van der Waals surface area contributed by atoms with E-state index in [4.69, 9.17) is 4.74 Å². The van der Waals surface area contributed by atoms with Crippen LogP contribution < -0.4 is 10.2 Å². The molecule has 110 valence electrons. The van der Waals surface area contributed by atoms with Crippen LogP contribution in [-0.2, 0) is 4.74 Å². The summed E-state index contributed by atoms with van der Waals surface area (Å²) in [5.74, 6) is 1.74. The molecule has 2 fully saturated rings. The molecule has 1 aromatic rings. The minimum absolute atomic E-state index is 0.632. The van der Waals surface area contributed by atoms with Gasteiger partial charge in [0.25, 0.3) is 0 Å². The third-order valence-corrected chi connectivity index (χ3v) is 4.11. The Balaban J connectivity index is 1.68. The van der Waals surface area contributed by atoms with Crippen molar-refractivity contribution in [2.75, 3.05) is 56.7 Å². The molecule has 0 aromatic carbocycles. The van der Waals surface area contributed by atoms with Gasteiger partial charge >= 0.3 is 0 Å². The van der Waals surface area contributed by atoms with Crippen LogP contribution in [0.5, 0.6) is 0 Å². The van der Waals surface area contributed by atoms with Crippen molar-refractivity contribution < 1.29 is 4.74 Å². The molecule has 2 saturated heterocycles. The number of anilines is 2. The first-order valence-electron chi connectivity index (χ1n) is 7.36. The molecule has 1 atom stereocenters. The van der Waals surface area contributed by atoms with Crippen LogP contribution in [0.25, 0.3) is 0 Å². The van der Waals surface area contributed by atoms with Gasteiger partial charge in [0.05, 0.1) is 13.2 Å². The Morgan fingerprint density at radius 2 is 2.05 bits per heavy atom. The van der Waals surface area contributed by atoms with Gasteiger partial charge in [-0.1, -0.05) is 0 Å². The molecule has 3 heterocycles. The second-order valence-corrected chi connectivity index (χ2v) is 5.48. The van der Waals surface area contributed by atoms with Gasteiger partial charge in [-0.2, -0.15) is 4.98 Å². The molecule has 1 unspecified atom stereocenters. The van der Waals surface area contributed by atoms with Crippen molar-refractivity contribution in [3.8, 4) is 0 Å². The van der Waals surface area contributed by atoms with E-state index in [1.54, 1.807) is 0 Å². The molecule has 0 spiro atoms. The molecule has 1 aromatic heterocycles. The minimum Gasteiger partial charge on any atom is -0.379 e. The fourth-order valence-electron chi connectivity index (χ4n) is 3.02. The molecule has 3 rings (SSSR count). The third kappa shape index (κ3) is 2.86. The Bertz CT molecular complexity index is 461. The molecule has 0 radical (unpaired) electrons. The topological polar surface area (TPSA) is 53.5 Å². The highest BCUT2D eigenvalue weighted by molar-refractivity contribution is 5.45. The molecule has 0 aliphatic carbocycles. The highest BCUT2D eigenvalue weighted by Gasteiger charge is 2.29. The van der Waals surface area contributed by atoms with E-state index in [1.165, 1.54) is 6.42 Å². The SMILES string of the molecule is CNc1nc(C)cc(N2CCC(N3CCOCC3)C2)n1. The maximum atomic E-state index is 5.43. The molecule has 2 aliphatic heterocycles. The summed E-state index contributed by atoms with van der Waals surface area (Å²) in [6, 6.07) is 2.70. The summed E-state index contributed by atoms with van der Waals surface area (Å²) in [5, 5.41) is 3.03. The number of nitrogens with zero attached hydrogens (tertiary/aromatic N) is 4. The predicted octanol–water partition coefficient (Wildman–Crippen LogP) is 0.738. The average molecular weight is 277 g/mol. The molecule has 0 amide bonds. The molecule has 0 bridgehead atoms. The van der Waals surface area contributed by atoms with E-state index in [0.717, 1.165) is 50.9 Å². The van der Waals surface area contributed by atoms with Gasteiger partial charge in [0.15, 0.2) is 0 Å². The monoisotopic (exact) mass is 277 g/mol. The van der Waals surface area contributed by atoms with Crippen LogP contribution in [0.4, 0.5) is 11.8 Å². The van der Waals surface area contributed by atoms with Crippen molar-refractivity contribution in [1.82, 2.24) is 14.9 Å². The first-order chi connectivity index (χ1) is 9.76. The number of hydrogen-bond donors (Lipinski definition) is 1. The van der Waals surface area contributed by atoms with Crippen molar-refractivity contribution in [2.45, 2.75) is 19.4 Å². The van der Waals surface area contributed by atoms with E-state index in [0.29, 0.717) is 12.0 Å². The molecular weight excluding hydrogens is 254 g/mol. The lowest BCUT2D eigenvalue weighted by atomic mass is 10.2. The minimum atomic E-state index is 0.632. The lowest BCUT2D eigenvalue weighted by Gasteiger charge is -2.32. The smallest absolute Gasteiger partial charge is 0.224 e. The highest BCUT2D eigenvalue weighted by Crippen LogP contribution is 2.23. The second-order valence-electron chi connectivity index (χ2n) is 5.48. The number of morpholine rings is 1. The maximum absolute atomic E-state index is 5.43. The average Bonchev–Trinajstić information content (AvgIpc) is 2.97. The maximum Gasteiger partial charge on any atom is 0.224 e. The van der Waals surface area contributed by atoms with Crippen LogP contribution >= 0.6 is 0 Å². The molecule has 6 nitrogen and oxygen atoms in total. The van der Waals surface area contributed by atoms with Crippen LogP contribution in [0.15, 0.2) is 6.07 Å². The van der Waals surface area contributed by atoms with Crippen LogP contribution in [-0.4, -0.2) is 67.4 Å². The van der Waals surface area contributed by atoms with E-state index >= 15 is 0 Å². The van der Waals surface area contributed by atoms with E-state index in [1.807, 2.05) is 14.0 Å². The Morgan fingerprint density at radius 1 is 1.25 bits per heavy atom. The van der Waals surface area contributed by atoms with Gasteiger partial charge in [-0.3, -0.25) is 4.90 Å². The molecule has 1 N–H and O–H groups in total. The van der Waals surface area contributed by atoms with Crippen LogP contribution in [0.3, 0.4) is 0 Å². The number of rotatable bonds is 3. The first-order valence-corrected chi connectivity index (χ1v) is 7.36. The van der Waals surface area contributed by atoms with E-state index < -0.39 is 0 Å². The number of aromatic nitrogens is 2. The first kappa shape index (κ1) is 13.6. The fourth-order valence-corrected chi connectivity index (χ4v) is 3.02. The third-order valence-electron chi connectivity index (χ3n) is 4.11. The molecule has 2 aliphatic rings. The quantitative estimate of drug-likeness (QED) is 0.879. The summed E-state index contributed by atoms with van der Waals surface area (Å²) in [4.78, 5) is 13.9. The van der Waals surface area contributed by atoms with Gasteiger partial charge in [-0.15, -0.1) is 0 Å². The summed E-state index contributed by atoms with van der Waals surface area (Å²) in [7, 11) is 1.86. The molecule has 0 saturated carbocycles. The standard InChI is InChI=1S/C14H23N5O/c1-11-9-13(17-14(15-2)16-11)19-4-3-12(10-19)18-5-7-20-8-6-18/h9,12H,3-8,10H2,1-2H3,(H,15,16,17). The van der Waals surface area contributed by atoms with Crippen LogP contribution in [0, 0.1) is 6.92 Å². The summed E-state index contributed by atoms with van der Waals surface area (Å²) in [5.41, 5.74) is 1.01. The number of nitrogens with one attached hydrogen (secondary N) is 1. The fraction of sp³-hybridized carbons (Fsp3) is 0.714. The van der Waals surface area contributed by atoms with Gasteiger partial charge in [-0.05, 0) is 13.3 Å². The summed E-state index contributed by atoms with van der Waals surface area (Å²) in [6.07, 6.45) is 1.21. The number of aryl methyl sites for hydroxylation is 1. The lowest BCUT2D eigenvalue weighted by Crippen LogP contribution is -2.44. The number of ether oxygens (including phenoxy) is 1. The lowest BCUT2D eigenvalue weighted by molar-refractivity contribution is 0.0209. The second kappa shape index (κ2) is 5.93. The van der Waals surface area contributed by atoms with Crippen molar-refractivity contribution >= 4 is 11.8 Å². The van der Waals surface area contributed by atoms with Crippen molar-refractivity contribution in [1.29, 1.82) is 0 Å². The zero-order chi connectivity index (χ0) is 13.9. The number of hydrogen-bond acceptors (Lipinski definition) is 6. The highest BCUT2D eigenvalue weighted by atomic mass is 16.5. The Hall–Kier alpha value is -1.40. The van der Waals surface area contributed by atoms with Gasteiger partial charge in [0.2, 0.25) is 5.95 Å². The summed E-state index contributed by atoms with van der Waals surface area (Å²) >= 11 is 0. The van der Waals surface area contributed by atoms with Crippen molar-refractivity contribution in [3.05, 3.63) is 11.8 Å². The zero-order valence-electron chi connectivity index (χ0n) is 12.3. The van der Waals surface area contributed by atoms with Crippen molar-refractivity contribution in [2.24, 2.45) is 0 Å². The Kier molecular flexibility index (Phi) is 4.03. The van der Waals surface area contributed by atoms with Gasteiger partial charge in [0, 0.05) is 51.0 Å². The zero-order valence-corrected chi connectivity index (χ0v) is 12.3. The Labute approximate surface area is 120 Å². The van der Waals surface area contributed by atoms with E-state index in [9.17, 15) is 0 Å². The predicted molar refractivity (Wildman–Crippen MR) is 79.3 cm³/mol. The van der Waals surface area contributed by atoms with Gasteiger partial charge < -0.3 is 15.0 Å². The molecule has 6 heteroatoms. The van der Waals surface area contributed by atoms with E-state index in [2.05, 4.69) is 31.2 Å². The molecular formula is C14H23N5O. The summed E-state index contributed by atoms with van der Waals surface area (Å²) in [6.45, 7) is 8.00. The largest absolute Gasteiger partial charge is 0.379 e. The summed E-state index contributed by atoms with van der Waals surface area (Å²) < 4.78 is 5.43. The van der Waals surface area contributed by atoms with E-state index in [-0.39, 0.29) is 0 Å². The van der Waals surface area contributed by atoms with Gasteiger partial charge in [0.1, 0.15) is 5.82 Å². The molecule has 20 heavy (non-hydrogen) atoms. The Morgan fingerprint density at radius 3 is 2.80 bits per heavy atom. The van der Waals surface area contributed by atoms with Crippen LogP contribution in [0.1, 0.15) is 12.1 Å². The van der Waals surface area contributed by atoms with Gasteiger partial charge in [-0.25, -0.2) is 4.98 Å².